The van der Waals surface area contributed by atoms with Crippen molar-refractivity contribution in [2.75, 3.05) is 13.7 Å². The van der Waals surface area contributed by atoms with E-state index >= 15 is 0 Å². The lowest BCUT2D eigenvalue weighted by molar-refractivity contribution is 0.0694. The second-order valence-electron chi connectivity index (χ2n) is 3.96. The van der Waals surface area contributed by atoms with Crippen LogP contribution in [0.2, 0.25) is 0 Å². The molecule has 0 aliphatic rings. The van der Waals surface area contributed by atoms with Crippen LogP contribution in [0.15, 0.2) is 12.1 Å². The Hall–Kier alpha value is -1.95. The van der Waals surface area contributed by atoms with Crippen molar-refractivity contribution in [2.45, 2.75) is 19.9 Å². The third kappa shape index (κ3) is 3.53. The Morgan fingerprint density at radius 3 is 2.67 bits per heavy atom. The van der Waals surface area contributed by atoms with E-state index in [9.17, 15) is 9.59 Å². The van der Waals surface area contributed by atoms with Crippen LogP contribution in [-0.4, -0.2) is 41.7 Å². The summed E-state index contributed by atoms with van der Waals surface area (Å²) < 4.78 is 4.90. The molecule has 18 heavy (non-hydrogen) atoms. The lowest BCUT2D eigenvalue weighted by atomic mass is 10.2. The van der Waals surface area contributed by atoms with Gasteiger partial charge in [0, 0.05) is 13.2 Å². The monoisotopic (exact) mass is 252 g/mol. The van der Waals surface area contributed by atoms with E-state index in [-0.39, 0.29) is 23.2 Å². The Morgan fingerprint density at radius 2 is 2.17 bits per heavy atom. The number of amides is 1. The van der Waals surface area contributed by atoms with Gasteiger partial charge in [-0.1, -0.05) is 0 Å². The maximum atomic E-state index is 11.8. The molecule has 0 aliphatic heterocycles. The summed E-state index contributed by atoms with van der Waals surface area (Å²) in [7, 11) is 1.55. The number of carboxylic acids is 1. The van der Waals surface area contributed by atoms with Gasteiger partial charge in [0.2, 0.25) is 0 Å². The first kappa shape index (κ1) is 14.1. The molecule has 0 bridgehead atoms. The van der Waals surface area contributed by atoms with Crippen molar-refractivity contribution in [3.63, 3.8) is 0 Å². The summed E-state index contributed by atoms with van der Waals surface area (Å²) in [6.45, 7) is 3.76. The molecule has 1 amide bonds. The maximum absolute atomic E-state index is 11.8. The van der Waals surface area contributed by atoms with E-state index in [0.29, 0.717) is 12.3 Å². The number of aromatic nitrogens is 1. The second kappa shape index (κ2) is 6.11. The van der Waals surface area contributed by atoms with Gasteiger partial charge in [0.05, 0.1) is 17.9 Å². The van der Waals surface area contributed by atoms with Gasteiger partial charge < -0.3 is 15.2 Å². The van der Waals surface area contributed by atoms with Crippen LogP contribution < -0.4 is 5.32 Å². The van der Waals surface area contributed by atoms with Gasteiger partial charge in [-0.05, 0) is 26.0 Å². The van der Waals surface area contributed by atoms with Crippen LogP contribution in [-0.2, 0) is 4.74 Å². The Balaban J connectivity index is 2.81. The SMILES string of the molecule is COC[C@@H](C)NC(=O)c1ccc(C(=O)O)c(C)n1. The number of methoxy groups -OCH3 is 1. The van der Waals surface area contributed by atoms with Crippen LogP contribution in [0.1, 0.15) is 33.5 Å². The minimum Gasteiger partial charge on any atom is -0.478 e. The molecule has 1 atom stereocenters. The molecular formula is C12H16N2O4. The fourth-order valence-corrected chi connectivity index (χ4v) is 1.50. The summed E-state index contributed by atoms with van der Waals surface area (Å²) in [5.41, 5.74) is 0.603. The van der Waals surface area contributed by atoms with E-state index in [4.69, 9.17) is 9.84 Å². The first-order chi connectivity index (χ1) is 8.45. The molecule has 1 heterocycles. The van der Waals surface area contributed by atoms with Gasteiger partial charge in [-0.25, -0.2) is 9.78 Å². The number of carbonyl (C=O) groups excluding carboxylic acids is 1. The highest BCUT2D eigenvalue weighted by molar-refractivity contribution is 5.94. The van der Waals surface area contributed by atoms with E-state index in [0.717, 1.165) is 0 Å². The van der Waals surface area contributed by atoms with E-state index in [1.54, 1.807) is 21.0 Å². The van der Waals surface area contributed by atoms with Crippen molar-refractivity contribution in [3.05, 3.63) is 29.1 Å². The van der Waals surface area contributed by atoms with E-state index in [2.05, 4.69) is 10.3 Å². The first-order valence-corrected chi connectivity index (χ1v) is 5.46. The summed E-state index contributed by atoms with van der Waals surface area (Å²) in [4.78, 5) is 26.6. The summed E-state index contributed by atoms with van der Waals surface area (Å²) >= 11 is 0. The van der Waals surface area contributed by atoms with Crippen molar-refractivity contribution >= 4 is 11.9 Å². The molecule has 1 aromatic rings. The molecular weight excluding hydrogens is 236 g/mol. The standard InChI is InChI=1S/C12H16N2O4/c1-7(6-18-3)13-11(15)10-5-4-9(12(16)17)8(2)14-10/h4-5,7H,6H2,1-3H3,(H,13,15)(H,16,17)/t7-/m1/s1. The average molecular weight is 252 g/mol. The minimum absolute atomic E-state index is 0.0940. The number of ether oxygens (including phenoxy) is 1. The zero-order valence-electron chi connectivity index (χ0n) is 10.6. The molecule has 0 radical (unpaired) electrons. The van der Waals surface area contributed by atoms with Crippen LogP contribution >= 0.6 is 0 Å². The number of hydrogen-bond donors (Lipinski definition) is 2. The highest BCUT2D eigenvalue weighted by atomic mass is 16.5. The third-order valence-corrected chi connectivity index (χ3v) is 2.34. The van der Waals surface area contributed by atoms with E-state index in [1.807, 2.05) is 0 Å². The Kier molecular flexibility index (Phi) is 4.79. The Labute approximate surface area is 105 Å². The quantitative estimate of drug-likeness (QED) is 0.811. The molecule has 0 aromatic carbocycles. The second-order valence-corrected chi connectivity index (χ2v) is 3.96. The fourth-order valence-electron chi connectivity index (χ4n) is 1.50. The third-order valence-electron chi connectivity index (χ3n) is 2.34. The highest BCUT2D eigenvalue weighted by Gasteiger charge is 2.14. The average Bonchev–Trinajstić information content (AvgIpc) is 2.28. The smallest absolute Gasteiger partial charge is 0.337 e. The number of nitrogens with one attached hydrogen (secondary N) is 1. The van der Waals surface area contributed by atoms with Crippen molar-refractivity contribution < 1.29 is 19.4 Å². The normalized spacial score (nSPS) is 11.9. The van der Waals surface area contributed by atoms with Gasteiger partial charge in [-0.3, -0.25) is 4.79 Å². The zero-order chi connectivity index (χ0) is 13.7. The minimum atomic E-state index is -1.06. The number of carboxylic acid groups (broad SMARTS) is 1. The Bertz CT molecular complexity index is 459. The largest absolute Gasteiger partial charge is 0.478 e. The maximum Gasteiger partial charge on any atom is 0.337 e. The fraction of sp³-hybridized carbons (Fsp3) is 0.417. The summed E-state index contributed by atoms with van der Waals surface area (Å²) in [6, 6.07) is 2.63. The summed E-state index contributed by atoms with van der Waals surface area (Å²) in [5, 5.41) is 11.6. The molecule has 1 aromatic heterocycles. The molecule has 0 saturated carbocycles. The molecule has 0 spiro atoms. The van der Waals surface area contributed by atoms with Gasteiger partial charge >= 0.3 is 5.97 Å². The van der Waals surface area contributed by atoms with Gasteiger partial charge in [-0.2, -0.15) is 0 Å². The summed E-state index contributed by atoms with van der Waals surface area (Å²) in [5.74, 6) is -1.40. The van der Waals surface area contributed by atoms with Crippen molar-refractivity contribution in [1.82, 2.24) is 10.3 Å². The lowest BCUT2D eigenvalue weighted by Crippen LogP contribution is -2.36. The number of rotatable bonds is 5. The van der Waals surface area contributed by atoms with E-state index < -0.39 is 5.97 Å². The number of hydrogen-bond acceptors (Lipinski definition) is 4. The summed E-state index contributed by atoms with van der Waals surface area (Å²) in [6.07, 6.45) is 0. The first-order valence-electron chi connectivity index (χ1n) is 5.46. The van der Waals surface area contributed by atoms with Crippen LogP contribution in [0, 0.1) is 6.92 Å². The molecule has 0 fully saturated rings. The lowest BCUT2D eigenvalue weighted by Gasteiger charge is -2.12. The van der Waals surface area contributed by atoms with Gasteiger partial charge in [0.1, 0.15) is 5.69 Å². The van der Waals surface area contributed by atoms with Crippen molar-refractivity contribution in [2.24, 2.45) is 0 Å². The molecule has 98 valence electrons. The van der Waals surface area contributed by atoms with Crippen LogP contribution in [0.3, 0.4) is 0 Å². The van der Waals surface area contributed by atoms with Crippen LogP contribution in [0.5, 0.6) is 0 Å². The predicted molar refractivity (Wildman–Crippen MR) is 64.7 cm³/mol. The predicted octanol–water partition coefficient (Wildman–Crippen LogP) is 0.853. The zero-order valence-corrected chi connectivity index (χ0v) is 10.6. The molecule has 0 unspecified atom stereocenters. The number of nitrogens with zero attached hydrogens (tertiary/aromatic N) is 1. The molecule has 0 aliphatic carbocycles. The van der Waals surface area contributed by atoms with Crippen LogP contribution in [0.25, 0.3) is 0 Å². The van der Waals surface area contributed by atoms with Gasteiger partial charge in [0.15, 0.2) is 0 Å². The van der Waals surface area contributed by atoms with Crippen molar-refractivity contribution in [1.29, 1.82) is 0 Å². The Morgan fingerprint density at radius 1 is 1.50 bits per heavy atom. The number of aromatic carboxylic acids is 1. The molecule has 6 nitrogen and oxygen atoms in total. The van der Waals surface area contributed by atoms with Crippen molar-refractivity contribution in [3.8, 4) is 0 Å². The highest BCUT2D eigenvalue weighted by Crippen LogP contribution is 2.07. The van der Waals surface area contributed by atoms with E-state index in [1.165, 1.54) is 12.1 Å². The number of aryl methyl sites for hydroxylation is 1. The molecule has 2 N–H and O–H groups in total. The molecule has 0 saturated heterocycles. The number of carbonyl (C=O) groups is 2. The molecule has 6 heteroatoms. The topological polar surface area (TPSA) is 88.5 Å². The molecule has 1 rings (SSSR count). The van der Waals surface area contributed by atoms with Crippen LogP contribution in [0.4, 0.5) is 0 Å². The van der Waals surface area contributed by atoms with Gasteiger partial charge in [-0.15, -0.1) is 0 Å². The number of pyridine rings is 1. The van der Waals surface area contributed by atoms with Gasteiger partial charge in [0.25, 0.3) is 5.91 Å².